The summed E-state index contributed by atoms with van der Waals surface area (Å²) in [4.78, 5) is 18.1. The molecule has 0 aliphatic carbocycles. The van der Waals surface area contributed by atoms with Crippen molar-refractivity contribution in [3.05, 3.63) is 35.5 Å². The number of hydrogen-bond acceptors (Lipinski definition) is 5. The van der Waals surface area contributed by atoms with E-state index in [9.17, 15) is 9.18 Å². The zero-order chi connectivity index (χ0) is 16.4. The number of benzene rings is 1. The van der Waals surface area contributed by atoms with Crippen LogP contribution in [-0.4, -0.2) is 40.1 Å². The van der Waals surface area contributed by atoms with Crippen LogP contribution in [0.25, 0.3) is 11.4 Å². The van der Waals surface area contributed by atoms with Crippen LogP contribution < -0.4 is 5.73 Å². The maximum Gasteiger partial charge on any atom is 0.227 e. The second-order valence-corrected chi connectivity index (χ2v) is 5.86. The van der Waals surface area contributed by atoms with Gasteiger partial charge < -0.3 is 15.2 Å². The SMILES string of the molecule is Cc1cc(-c2noc(CCC(=O)N3CC[C@@H](N)C3)n2)ccc1F.Cl. The lowest BCUT2D eigenvalue weighted by atomic mass is 10.1. The largest absolute Gasteiger partial charge is 0.341 e. The molecule has 130 valence electrons. The smallest absolute Gasteiger partial charge is 0.227 e. The van der Waals surface area contributed by atoms with Crippen molar-refractivity contribution in [3.8, 4) is 11.4 Å². The Labute approximate surface area is 145 Å². The molecule has 0 spiro atoms. The number of halogens is 2. The molecule has 6 nitrogen and oxygen atoms in total. The summed E-state index contributed by atoms with van der Waals surface area (Å²) in [6, 6.07) is 4.73. The van der Waals surface area contributed by atoms with Crippen molar-refractivity contribution in [1.29, 1.82) is 0 Å². The number of nitrogens with zero attached hydrogens (tertiary/aromatic N) is 3. The first kappa shape index (κ1) is 18.4. The quantitative estimate of drug-likeness (QED) is 0.908. The van der Waals surface area contributed by atoms with Crippen LogP contribution in [0.2, 0.25) is 0 Å². The highest BCUT2D eigenvalue weighted by Crippen LogP contribution is 2.19. The van der Waals surface area contributed by atoms with Gasteiger partial charge in [0.05, 0.1) is 0 Å². The zero-order valence-electron chi connectivity index (χ0n) is 13.4. The molecule has 2 heterocycles. The van der Waals surface area contributed by atoms with Crippen LogP contribution in [0.5, 0.6) is 0 Å². The van der Waals surface area contributed by atoms with Crippen LogP contribution in [0.4, 0.5) is 4.39 Å². The van der Waals surface area contributed by atoms with Crippen LogP contribution in [-0.2, 0) is 11.2 Å². The Balaban J connectivity index is 0.00000208. The van der Waals surface area contributed by atoms with Gasteiger partial charge in [0.1, 0.15) is 5.82 Å². The number of nitrogens with two attached hydrogens (primary N) is 1. The molecule has 3 rings (SSSR count). The van der Waals surface area contributed by atoms with Gasteiger partial charge in [-0.3, -0.25) is 4.79 Å². The third-order valence-corrected chi connectivity index (χ3v) is 4.01. The van der Waals surface area contributed by atoms with E-state index in [0.717, 1.165) is 6.42 Å². The molecular weight excluding hydrogens is 335 g/mol. The van der Waals surface area contributed by atoms with Gasteiger partial charge in [0, 0.05) is 37.5 Å². The van der Waals surface area contributed by atoms with Gasteiger partial charge in [-0.1, -0.05) is 5.16 Å². The van der Waals surface area contributed by atoms with Crippen LogP contribution in [0, 0.1) is 12.7 Å². The number of rotatable bonds is 4. The monoisotopic (exact) mass is 354 g/mol. The Morgan fingerprint density at radius 3 is 2.96 bits per heavy atom. The Hall–Kier alpha value is -1.99. The summed E-state index contributed by atoms with van der Waals surface area (Å²) in [6.07, 6.45) is 1.55. The Morgan fingerprint density at radius 1 is 1.50 bits per heavy atom. The molecule has 1 amide bonds. The maximum atomic E-state index is 13.3. The molecule has 0 saturated carbocycles. The summed E-state index contributed by atoms with van der Waals surface area (Å²) in [5.41, 5.74) is 7.01. The topological polar surface area (TPSA) is 85.2 Å². The summed E-state index contributed by atoms with van der Waals surface area (Å²) in [6.45, 7) is 3.01. The highest BCUT2D eigenvalue weighted by atomic mass is 35.5. The number of carbonyl (C=O) groups is 1. The third-order valence-electron chi connectivity index (χ3n) is 4.01. The first-order valence-corrected chi connectivity index (χ1v) is 7.65. The molecule has 0 unspecified atom stereocenters. The summed E-state index contributed by atoms with van der Waals surface area (Å²) >= 11 is 0. The molecule has 8 heteroatoms. The van der Waals surface area contributed by atoms with E-state index in [1.54, 1.807) is 24.0 Å². The Bertz CT molecular complexity index is 722. The van der Waals surface area contributed by atoms with E-state index >= 15 is 0 Å². The molecular formula is C16H20ClFN4O2. The molecule has 1 saturated heterocycles. The van der Waals surface area contributed by atoms with Gasteiger partial charge in [-0.2, -0.15) is 4.98 Å². The normalized spacial score (nSPS) is 17.0. The number of carbonyl (C=O) groups excluding carboxylic acids is 1. The minimum atomic E-state index is -0.271. The minimum Gasteiger partial charge on any atom is -0.341 e. The van der Waals surface area contributed by atoms with Crippen LogP contribution in [0.1, 0.15) is 24.3 Å². The fourth-order valence-corrected chi connectivity index (χ4v) is 2.64. The molecule has 1 aliphatic rings. The van der Waals surface area contributed by atoms with Crippen LogP contribution >= 0.6 is 12.4 Å². The fourth-order valence-electron chi connectivity index (χ4n) is 2.64. The lowest BCUT2D eigenvalue weighted by molar-refractivity contribution is -0.130. The van der Waals surface area contributed by atoms with Crippen molar-refractivity contribution >= 4 is 18.3 Å². The first-order valence-electron chi connectivity index (χ1n) is 7.65. The molecule has 1 aliphatic heterocycles. The number of likely N-dealkylation sites (tertiary alicyclic amines) is 1. The standard InChI is InChI=1S/C16H19FN4O2.ClH/c1-10-8-11(2-3-13(10)17)16-19-14(23-20-16)4-5-15(22)21-7-6-12(18)9-21;/h2-3,8,12H,4-7,9,18H2,1H3;1H/t12-;/m1./s1. The average molecular weight is 355 g/mol. The highest BCUT2D eigenvalue weighted by Gasteiger charge is 2.23. The van der Waals surface area contributed by atoms with E-state index in [-0.39, 0.29) is 30.2 Å². The second kappa shape index (κ2) is 7.72. The van der Waals surface area contributed by atoms with Crippen molar-refractivity contribution in [2.75, 3.05) is 13.1 Å². The van der Waals surface area contributed by atoms with E-state index < -0.39 is 0 Å². The van der Waals surface area contributed by atoms with E-state index in [2.05, 4.69) is 10.1 Å². The lowest BCUT2D eigenvalue weighted by Crippen LogP contribution is -2.31. The van der Waals surface area contributed by atoms with Gasteiger partial charge in [-0.05, 0) is 37.1 Å². The molecule has 24 heavy (non-hydrogen) atoms. The third kappa shape index (κ3) is 4.10. The first-order chi connectivity index (χ1) is 11.0. The minimum absolute atomic E-state index is 0. The van der Waals surface area contributed by atoms with Gasteiger partial charge in [-0.15, -0.1) is 12.4 Å². The lowest BCUT2D eigenvalue weighted by Gasteiger charge is -2.14. The van der Waals surface area contributed by atoms with Crippen molar-refractivity contribution in [1.82, 2.24) is 15.0 Å². The molecule has 2 N–H and O–H groups in total. The fraction of sp³-hybridized carbons (Fsp3) is 0.438. The predicted octanol–water partition coefficient (Wildman–Crippen LogP) is 2.10. The van der Waals surface area contributed by atoms with E-state index in [4.69, 9.17) is 10.3 Å². The molecule has 1 aromatic heterocycles. The Morgan fingerprint density at radius 2 is 2.29 bits per heavy atom. The molecule has 0 bridgehead atoms. The molecule has 1 aromatic carbocycles. The second-order valence-electron chi connectivity index (χ2n) is 5.86. The molecule has 1 fully saturated rings. The maximum absolute atomic E-state index is 13.3. The summed E-state index contributed by atoms with van der Waals surface area (Å²) in [5, 5.41) is 3.89. The Kier molecular flexibility index (Phi) is 5.90. The highest BCUT2D eigenvalue weighted by molar-refractivity contribution is 5.85. The van der Waals surface area contributed by atoms with Crippen molar-refractivity contribution in [2.24, 2.45) is 5.73 Å². The average Bonchev–Trinajstić information content (AvgIpc) is 3.17. The van der Waals surface area contributed by atoms with Crippen molar-refractivity contribution < 1.29 is 13.7 Å². The number of aromatic nitrogens is 2. The number of hydrogen-bond donors (Lipinski definition) is 1. The van der Waals surface area contributed by atoms with Crippen LogP contribution in [0.15, 0.2) is 22.7 Å². The molecule has 0 radical (unpaired) electrons. The molecule has 2 aromatic rings. The van der Waals surface area contributed by atoms with E-state index in [1.165, 1.54) is 6.07 Å². The van der Waals surface area contributed by atoms with Gasteiger partial charge in [0.15, 0.2) is 0 Å². The molecule has 1 atom stereocenters. The van der Waals surface area contributed by atoms with Crippen molar-refractivity contribution in [3.63, 3.8) is 0 Å². The summed E-state index contributed by atoms with van der Waals surface area (Å²) in [7, 11) is 0. The number of amides is 1. The van der Waals surface area contributed by atoms with Gasteiger partial charge in [0.2, 0.25) is 17.6 Å². The van der Waals surface area contributed by atoms with E-state index in [1.807, 2.05) is 0 Å². The van der Waals surface area contributed by atoms with Crippen LogP contribution in [0.3, 0.4) is 0 Å². The van der Waals surface area contributed by atoms with Gasteiger partial charge in [0.25, 0.3) is 0 Å². The number of aryl methyl sites for hydroxylation is 2. The van der Waals surface area contributed by atoms with E-state index in [0.29, 0.717) is 48.8 Å². The van der Waals surface area contributed by atoms with Gasteiger partial charge in [-0.25, -0.2) is 4.39 Å². The summed E-state index contributed by atoms with van der Waals surface area (Å²) < 4.78 is 18.5. The van der Waals surface area contributed by atoms with Gasteiger partial charge >= 0.3 is 0 Å². The van der Waals surface area contributed by atoms with Crippen molar-refractivity contribution in [2.45, 2.75) is 32.2 Å². The summed E-state index contributed by atoms with van der Waals surface area (Å²) in [5.74, 6) is 0.583. The zero-order valence-corrected chi connectivity index (χ0v) is 14.2. The predicted molar refractivity (Wildman–Crippen MR) is 89.2 cm³/mol.